The zero-order chi connectivity index (χ0) is 7.11. The van der Waals surface area contributed by atoms with Crippen molar-refractivity contribution in [2.75, 3.05) is 6.61 Å². The Morgan fingerprint density at radius 2 is 2.22 bits per heavy atom. The van der Waals surface area contributed by atoms with Crippen molar-refractivity contribution < 1.29 is 5.11 Å². The Morgan fingerprint density at radius 3 is 2.67 bits per heavy atom. The molecule has 9 heavy (non-hydrogen) atoms. The van der Waals surface area contributed by atoms with Crippen molar-refractivity contribution in [2.45, 2.75) is 26.7 Å². The van der Waals surface area contributed by atoms with Crippen molar-refractivity contribution in [3.63, 3.8) is 0 Å². The molecule has 1 nitrogen and oxygen atoms in total. The van der Waals surface area contributed by atoms with Gasteiger partial charge in [-0.05, 0) is 12.3 Å². The van der Waals surface area contributed by atoms with Crippen LogP contribution in [-0.2, 0) is 0 Å². The van der Waals surface area contributed by atoms with Gasteiger partial charge in [-0.2, -0.15) is 0 Å². The Kier molecular flexibility index (Phi) is 5.64. The van der Waals surface area contributed by atoms with Crippen LogP contribution in [-0.4, -0.2) is 11.7 Å². The molecule has 0 aromatic heterocycles. The molecule has 1 N–H and O–H groups in total. The molecule has 0 spiro atoms. The fourth-order valence-electron chi connectivity index (χ4n) is 0.845. The van der Waals surface area contributed by atoms with Crippen molar-refractivity contribution in [1.82, 2.24) is 0 Å². The molecule has 0 aromatic rings. The summed E-state index contributed by atoms with van der Waals surface area (Å²) in [7, 11) is 0. The van der Waals surface area contributed by atoms with Gasteiger partial charge in [0.05, 0.1) is 6.61 Å². The van der Waals surface area contributed by atoms with Crippen LogP contribution in [0.3, 0.4) is 0 Å². The fraction of sp³-hybridized carbons (Fsp3) is 0.750. The third kappa shape index (κ3) is 5.57. The van der Waals surface area contributed by atoms with Gasteiger partial charge in [0.15, 0.2) is 0 Å². The van der Waals surface area contributed by atoms with Crippen LogP contribution in [0, 0.1) is 5.92 Å². The van der Waals surface area contributed by atoms with E-state index in [4.69, 9.17) is 5.11 Å². The first kappa shape index (κ1) is 8.70. The molecule has 1 atom stereocenters. The number of rotatable bonds is 4. The summed E-state index contributed by atoms with van der Waals surface area (Å²) in [5, 5.41) is 8.40. The van der Waals surface area contributed by atoms with Crippen LogP contribution >= 0.6 is 0 Å². The molecule has 0 heterocycles. The Morgan fingerprint density at radius 1 is 1.56 bits per heavy atom. The molecule has 0 aliphatic rings. The van der Waals surface area contributed by atoms with Crippen LogP contribution in [0.4, 0.5) is 0 Å². The smallest absolute Gasteiger partial charge is 0.0612 e. The summed E-state index contributed by atoms with van der Waals surface area (Å²) in [6.07, 6.45) is 6.30. The van der Waals surface area contributed by atoms with Gasteiger partial charge in [0.25, 0.3) is 0 Å². The summed E-state index contributed by atoms with van der Waals surface area (Å²) in [4.78, 5) is 0. The van der Waals surface area contributed by atoms with Gasteiger partial charge < -0.3 is 5.11 Å². The van der Waals surface area contributed by atoms with E-state index >= 15 is 0 Å². The minimum atomic E-state index is 0.175. The highest BCUT2D eigenvalue weighted by Gasteiger charge is 1.91. The third-order valence-corrected chi connectivity index (χ3v) is 1.31. The van der Waals surface area contributed by atoms with Gasteiger partial charge in [0.2, 0.25) is 0 Å². The van der Waals surface area contributed by atoms with Gasteiger partial charge in [-0.25, -0.2) is 0 Å². The summed E-state index contributed by atoms with van der Waals surface area (Å²) in [5.41, 5.74) is 0. The molecule has 0 unspecified atom stereocenters. The average Bonchev–Trinajstić information content (AvgIpc) is 1.85. The van der Waals surface area contributed by atoms with Gasteiger partial charge in [0, 0.05) is 0 Å². The lowest BCUT2D eigenvalue weighted by molar-refractivity contribution is 0.341. The normalized spacial score (nSPS) is 14.6. The molecule has 0 bridgehead atoms. The average molecular weight is 128 g/mol. The summed E-state index contributed by atoms with van der Waals surface area (Å²) in [6.45, 7) is 4.51. The summed E-state index contributed by atoms with van der Waals surface area (Å²) in [6, 6.07) is 0. The van der Waals surface area contributed by atoms with Crippen LogP contribution in [0.5, 0.6) is 0 Å². The summed E-state index contributed by atoms with van der Waals surface area (Å²) >= 11 is 0. The van der Waals surface area contributed by atoms with E-state index in [1.54, 1.807) is 6.08 Å². The monoisotopic (exact) mass is 128 g/mol. The standard InChI is InChI=1S/C8H16O/c1-3-5-8(2)6-4-7-9/h4,6,8-9H,3,5,7H2,1-2H3/b6-4-/t8-/m0/s1. The molecule has 0 amide bonds. The van der Waals surface area contributed by atoms with E-state index in [2.05, 4.69) is 19.9 Å². The Labute approximate surface area is 57.4 Å². The number of hydrogen-bond donors (Lipinski definition) is 1. The van der Waals surface area contributed by atoms with Gasteiger partial charge in [-0.1, -0.05) is 32.4 Å². The highest BCUT2D eigenvalue weighted by Crippen LogP contribution is 2.05. The van der Waals surface area contributed by atoms with E-state index in [9.17, 15) is 0 Å². The predicted octanol–water partition coefficient (Wildman–Crippen LogP) is 1.97. The first-order valence-corrected chi connectivity index (χ1v) is 3.58. The Bertz CT molecular complexity index is 76.6. The molecule has 1 heteroatoms. The van der Waals surface area contributed by atoms with Crippen LogP contribution in [0.25, 0.3) is 0 Å². The van der Waals surface area contributed by atoms with Gasteiger partial charge in [-0.3, -0.25) is 0 Å². The van der Waals surface area contributed by atoms with Crippen LogP contribution < -0.4 is 0 Å². The topological polar surface area (TPSA) is 20.2 Å². The van der Waals surface area contributed by atoms with Crippen molar-refractivity contribution in [3.8, 4) is 0 Å². The minimum absolute atomic E-state index is 0.175. The van der Waals surface area contributed by atoms with E-state index in [-0.39, 0.29) is 6.61 Å². The van der Waals surface area contributed by atoms with Crippen molar-refractivity contribution >= 4 is 0 Å². The van der Waals surface area contributed by atoms with Crippen LogP contribution in [0.15, 0.2) is 12.2 Å². The Hall–Kier alpha value is -0.300. The maximum atomic E-state index is 8.40. The quantitative estimate of drug-likeness (QED) is 0.574. The maximum Gasteiger partial charge on any atom is 0.0612 e. The van der Waals surface area contributed by atoms with E-state index in [0.717, 1.165) is 0 Å². The van der Waals surface area contributed by atoms with Crippen LogP contribution in [0.2, 0.25) is 0 Å². The molecule has 0 aromatic carbocycles. The van der Waals surface area contributed by atoms with Crippen LogP contribution in [0.1, 0.15) is 26.7 Å². The number of hydrogen-bond acceptors (Lipinski definition) is 1. The van der Waals surface area contributed by atoms with Gasteiger partial charge in [-0.15, -0.1) is 0 Å². The number of allylic oxidation sites excluding steroid dienone is 1. The summed E-state index contributed by atoms with van der Waals surface area (Å²) in [5.74, 6) is 0.627. The van der Waals surface area contributed by atoms with Gasteiger partial charge >= 0.3 is 0 Å². The summed E-state index contributed by atoms with van der Waals surface area (Å²) < 4.78 is 0. The predicted molar refractivity (Wildman–Crippen MR) is 40.3 cm³/mol. The molecule has 0 rings (SSSR count). The molecule has 0 fully saturated rings. The molecular weight excluding hydrogens is 112 g/mol. The van der Waals surface area contributed by atoms with E-state index < -0.39 is 0 Å². The molecule has 0 aliphatic heterocycles. The first-order chi connectivity index (χ1) is 4.31. The van der Waals surface area contributed by atoms with Gasteiger partial charge in [0.1, 0.15) is 0 Å². The molecule has 0 saturated carbocycles. The highest BCUT2D eigenvalue weighted by atomic mass is 16.2. The minimum Gasteiger partial charge on any atom is -0.392 e. The molecule has 0 aliphatic carbocycles. The molecule has 0 radical (unpaired) electrons. The largest absolute Gasteiger partial charge is 0.392 e. The molecule has 0 saturated heterocycles. The third-order valence-electron chi connectivity index (χ3n) is 1.31. The highest BCUT2D eigenvalue weighted by molar-refractivity contribution is 4.85. The Balaban J connectivity index is 3.25. The zero-order valence-electron chi connectivity index (χ0n) is 6.30. The van der Waals surface area contributed by atoms with Crippen molar-refractivity contribution in [2.24, 2.45) is 5.92 Å². The lowest BCUT2D eigenvalue weighted by atomic mass is 10.1. The van der Waals surface area contributed by atoms with Crippen molar-refractivity contribution in [1.29, 1.82) is 0 Å². The van der Waals surface area contributed by atoms with E-state index in [0.29, 0.717) is 5.92 Å². The molecule has 54 valence electrons. The first-order valence-electron chi connectivity index (χ1n) is 3.58. The number of aliphatic hydroxyl groups is 1. The zero-order valence-corrected chi connectivity index (χ0v) is 6.30. The number of aliphatic hydroxyl groups excluding tert-OH is 1. The maximum absolute atomic E-state index is 8.40. The van der Waals surface area contributed by atoms with E-state index in [1.807, 2.05) is 0 Å². The second-order valence-electron chi connectivity index (χ2n) is 2.38. The van der Waals surface area contributed by atoms with Crippen molar-refractivity contribution in [3.05, 3.63) is 12.2 Å². The second-order valence-corrected chi connectivity index (χ2v) is 2.38. The second kappa shape index (κ2) is 5.83. The lowest BCUT2D eigenvalue weighted by Gasteiger charge is -2.00. The molecular formula is C8H16O. The SMILES string of the molecule is CCC[C@H](C)/C=C\CO. The lowest BCUT2D eigenvalue weighted by Crippen LogP contribution is -1.87. The fourth-order valence-corrected chi connectivity index (χ4v) is 0.845. The van der Waals surface area contributed by atoms with E-state index in [1.165, 1.54) is 12.8 Å².